The van der Waals surface area contributed by atoms with Gasteiger partial charge in [-0.2, -0.15) is 0 Å². The second-order valence-electron chi connectivity index (χ2n) is 9.21. The van der Waals surface area contributed by atoms with Gasteiger partial charge >= 0.3 is 5.97 Å². The lowest BCUT2D eigenvalue weighted by Crippen LogP contribution is -2.49. The van der Waals surface area contributed by atoms with E-state index < -0.39 is 5.97 Å². The van der Waals surface area contributed by atoms with Gasteiger partial charge in [0, 0.05) is 77.5 Å². The Kier molecular flexibility index (Phi) is 12.3. The maximum Gasteiger partial charge on any atom is 0.303 e. The molecule has 0 saturated carbocycles. The number of carboxylic acid groups (broad SMARTS) is 1. The molecule has 2 fully saturated rings. The largest absolute Gasteiger partial charge is 0.481 e. The minimum atomic E-state index is -0.888. The number of likely N-dealkylation sites (N-methyl/N-ethyl adjacent to an activating group) is 1. The summed E-state index contributed by atoms with van der Waals surface area (Å²) in [6.07, 6.45) is 4.03. The lowest BCUT2D eigenvalue weighted by atomic mass is 10.2. The fourth-order valence-electron chi connectivity index (χ4n) is 4.35. The van der Waals surface area contributed by atoms with E-state index in [0.717, 1.165) is 52.1 Å². The standard InChI is InChI=1S/C23H41N5O5/c1-26-13-15-27(16-14-26)17-19-5-4-12-28(19)18-20(29)6-2-7-21(30)25-11-9-22(31)24-10-3-8-23(32)33/h19H,2-18H2,1H3,(H,24,31)(H,25,30)(H,32,33)/i2+1,3+1,7+1,8+1,9+1,10+1,11+1,20+1,21+1,23+1,24+1,25+1,28+1. The van der Waals surface area contributed by atoms with E-state index in [4.69, 9.17) is 5.11 Å². The Labute approximate surface area is 197 Å². The fourth-order valence-corrected chi connectivity index (χ4v) is 4.35. The molecule has 33 heavy (non-hydrogen) atoms. The summed E-state index contributed by atoms with van der Waals surface area (Å²) in [5.74, 6) is -1.07. The number of nitrogens with zero attached hydrogens (tertiary/aromatic N) is 3. The van der Waals surface area contributed by atoms with E-state index in [2.05, 4.69) is 32.4 Å². The van der Waals surface area contributed by atoms with Crippen LogP contribution in [0.3, 0.4) is 0 Å². The Balaban J connectivity index is 1.52. The number of nitrogens with one attached hydrogen (secondary N) is 2. The number of carbonyl (C=O) groups excluding carboxylic acids is 3. The Morgan fingerprint density at radius 2 is 1.55 bits per heavy atom. The quantitative estimate of drug-likeness (QED) is 0.169. The molecule has 188 valence electrons. The molecule has 2 aliphatic heterocycles. The summed E-state index contributed by atoms with van der Waals surface area (Å²) >= 11 is 0. The molecule has 2 saturated heterocycles. The van der Waals surface area contributed by atoms with Crippen molar-refractivity contribution in [2.75, 3.05) is 66.0 Å². The molecule has 2 aliphatic rings. The number of aliphatic carboxylic acids is 1. The zero-order chi connectivity index (χ0) is 24.1. The van der Waals surface area contributed by atoms with Crippen molar-refractivity contribution < 1.29 is 24.3 Å². The second-order valence-corrected chi connectivity index (χ2v) is 9.21. The van der Waals surface area contributed by atoms with Crippen molar-refractivity contribution >= 4 is 23.6 Å². The number of amides is 2. The van der Waals surface area contributed by atoms with E-state index >= 15 is 0 Å². The summed E-state index contributed by atoms with van der Waals surface area (Å²) in [5, 5.41) is 13.9. The Morgan fingerprint density at radius 1 is 0.848 bits per heavy atom. The smallest absolute Gasteiger partial charge is 0.303 e. The van der Waals surface area contributed by atoms with Gasteiger partial charge in [0.05, 0.1) is 6.54 Å². The first kappa shape index (κ1) is 27.2. The summed E-state index contributed by atoms with van der Waals surface area (Å²) in [5.41, 5.74) is 0. The zero-order valence-electron chi connectivity index (χ0n) is 20.0. The third-order valence-electron chi connectivity index (χ3n) is 6.37. The fraction of sp³-hybridized carbons (Fsp3) is 0.826. The molecule has 2 amide bonds. The van der Waals surface area contributed by atoms with Gasteiger partial charge in [0.25, 0.3) is 0 Å². The number of carbonyl (C=O) groups is 4. The van der Waals surface area contributed by atoms with Crippen LogP contribution < -0.4 is 10.6 Å². The molecule has 0 aromatic rings. The summed E-state index contributed by atoms with van der Waals surface area (Å²) in [6.45, 7) is 7.43. The summed E-state index contributed by atoms with van der Waals surface area (Å²) in [4.78, 5) is 53.6. The molecule has 10 heteroatoms. The van der Waals surface area contributed by atoms with Crippen LogP contribution in [-0.4, -0.2) is 115 Å². The van der Waals surface area contributed by atoms with Crippen LogP contribution in [0.2, 0.25) is 0 Å². The lowest BCUT2D eigenvalue weighted by molar-refractivity contribution is -0.137. The van der Waals surface area contributed by atoms with Crippen molar-refractivity contribution in [2.45, 2.75) is 57.4 Å². The van der Waals surface area contributed by atoms with E-state index in [9.17, 15) is 19.2 Å². The van der Waals surface area contributed by atoms with E-state index in [-0.39, 0.29) is 43.4 Å². The van der Waals surface area contributed by atoms with Crippen LogP contribution in [0.4, 0.5) is 0 Å². The minimum absolute atomic E-state index is 0.0183. The first-order valence-corrected chi connectivity index (χ1v) is 12.3. The van der Waals surface area contributed by atoms with Crippen LogP contribution in [-0.2, 0) is 19.2 Å². The molecule has 0 radical (unpaired) electrons. The molecule has 0 aromatic carbocycles. The Hall–Kier alpha value is -2.04. The number of piperazine rings is 1. The van der Waals surface area contributed by atoms with E-state index in [0.29, 0.717) is 38.4 Å². The van der Waals surface area contributed by atoms with Crippen LogP contribution in [0, 0.1) is 0 Å². The average molecular weight is 481 g/mol. The molecule has 0 aliphatic carbocycles. The van der Waals surface area contributed by atoms with Crippen molar-refractivity contribution in [3.8, 4) is 0 Å². The van der Waals surface area contributed by atoms with Gasteiger partial charge in [-0.1, -0.05) is 0 Å². The number of hydrogen-bond donors (Lipinski definition) is 3. The van der Waals surface area contributed by atoms with Crippen molar-refractivity contribution in [1.82, 2.24) is 25.3 Å². The molecule has 0 spiro atoms. The maximum absolute atomic E-state index is 12.4. The normalized spacial score (nSPS) is 20.0. The van der Waals surface area contributed by atoms with Gasteiger partial charge in [-0.15, -0.1) is 0 Å². The topological polar surface area (TPSA) is 122 Å². The number of Topliss-reactive ketones (excluding diaryl/α,β-unsaturated/α-hetero) is 1. The average Bonchev–Trinajstić information content (AvgIpc) is 3.19. The monoisotopic (exact) mass is 480 g/mol. The molecule has 1 unspecified atom stereocenters. The van der Waals surface area contributed by atoms with Gasteiger partial charge in [-0.25, -0.2) is 0 Å². The van der Waals surface area contributed by atoms with Crippen LogP contribution in [0.15, 0.2) is 0 Å². The predicted octanol–water partition coefficient (Wildman–Crippen LogP) is -0.0751. The number of carboxylic acids is 1. The highest BCUT2D eigenvalue weighted by Gasteiger charge is 2.28. The SMILES string of the molecule is CN1CCN(CC2CCC[15N]2C[13C](=O)C[13CH2][13CH2][13C](=O)[15NH][13CH2][13CH2]C(=O)[15NH][13CH2][13CH2][13CH2][13C](=O)O)CC1. The molecule has 2 rings (SSSR count). The summed E-state index contributed by atoms with van der Waals surface area (Å²) in [7, 11) is 2.16. The lowest BCUT2D eigenvalue weighted by Gasteiger charge is -2.36. The van der Waals surface area contributed by atoms with Crippen molar-refractivity contribution in [1.29, 1.82) is 0 Å². The first-order chi connectivity index (χ1) is 15.8. The zero-order valence-corrected chi connectivity index (χ0v) is 20.0. The minimum Gasteiger partial charge on any atom is -0.481 e. The van der Waals surface area contributed by atoms with Crippen LogP contribution in [0.5, 0.6) is 0 Å². The summed E-state index contributed by atoms with van der Waals surface area (Å²) < 4.78 is 0. The van der Waals surface area contributed by atoms with Gasteiger partial charge in [-0.05, 0) is 39.3 Å². The van der Waals surface area contributed by atoms with Crippen molar-refractivity contribution in [2.24, 2.45) is 0 Å². The predicted molar refractivity (Wildman–Crippen MR) is 125 cm³/mol. The third-order valence-corrected chi connectivity index (χ3v) is 6.37. The van der Waals surface area contributed by atoms with E-state index in [1.165, 1.54) is 0 Å². The Bertz CT molecular complexity index is 651. The van der Waals surface area contributed by atoms with Crippen LogP contribution >= 0.6 is 0 Å². The number of rotatable bonds is 15. The molecular formula is C23H41N5O5. The molecule has 2 heterocycles. The van der Waals surface area contributed by atoms with Crippen LogP contribution in [0.1, 0.15) is 51.4 Å². The second kappa shape index (κ2) is 15.0. The highest BCUT2D eigenvalue weighted by molar-refractivity contribution is 5.82. The molecule has 0 aromatic heterocycles. The van der Waals surface area contributed by atoms with Gasteiger partial charge in [-0.3, -0.25) is 29.0 Å². The van der Waals surface area contributed by atoms with Crippen molar-refractivity contribution in [3.05, 3.63) is 0 Å². The molecule has 3 N–H and O–H groups in total. The Morgan fingerprint density at radius 3 is 2.27 bits per heavy atom. The van der Waals surface area contributed by atoms with Gasteiger partial charge in [0.2, 0.25) is 11.8 Å². The highest BCUT2D eigenvalue weighted by Crippen LogP contribution is 2.19. The molecule has 1 atom stereocenters. The van der Waals surface area contributed by atoms with Crippen molar-refractivity contribution in [3.63, 3.8) is 0 Å². The van der Waals surface area contributed by atoms with Crippen LogP contribution in [0.25, 0.3) is 0 Å². The van der Waals surface area contributed by atoms with Gasteiger partial charge < -0.3 is 20.6 Å². The molecule has 10 nitrogen and oxygen atoms in total. The van der Waals surface area contributed by atoms with E-state index in [1.54, 1.807) is 0 Å². The highest BCUT2D eigenvalue weighted by atomic mass is 16.5. The molecular weight excluding hydrogens is 439 g/mol. The number of likely N-dealkylation sites (tertiary alicyclic amines) is 1. The number of hydrogen-bond acceptors (Lipinski definition) is 7. The third kappa shape index (κ3) is 11.6. The maximum atomic E-state index is 12.4. The van der Waals surface area contributed by atoms with Gasteiger partial charge in [0.15, 0.2) is 0 Å². The van der Waals surface area contributed by atoms with E-state index in [1.807, 2.05) is 0 Å². The first-order valence-electron chi connectivity index (χ1n) is 12.3. The van der Waals surface area contributed by atoms with Gasteiger partial charge in [0.1, 0.15) is 5.78 Å². The summed E-state index contributed by atoms with van der Waals surface area (Å²) in [6, 6.07) is 0.455. The molecule has 0 bridgehead atoms. The number of ketones is 1.